The maximum absolute atomic E-state index is 14.3. The Kier molecular flexibility index (Phi) is 3.43. The van der Waals surface area contributed by atoms with E-state index in [0.29, 0.717) is 17.5 Å². The minimum absolute atomic E-state index is 0.167. The topological polar surface area (TPSA) is 75.6 Å². The second-order valence-electron chi connectivity index (χ2n) is 7.23. The molecule has 3 atom stereocenters. The largest absolute Gasteiger partial charge is 0.343 e. The van der Waals surface area contributed by atoms with Gasteiger partial charge in [-0.1, -0.05) is 0 Å². The highest BCUT2D eigenvalue weighted by Crippen LogP contribution is 2.57. The lowest BCUT2D eigenvalue weighted by Crippen LogP contribution is -2.28. The van der Waals surface area contributed by atoms with Gasteiger partial charge >= 0.3 is 0 Å². The number of fused-ring (bicyclic) bond motifs is 3. The Morgan fingerprint density at radius 1 is 1.37 bits per heavy atom. The molecule has 5 rings (SSSR count). The molecule has 6 nitrogen and oxygen atoms in total. The molecule has 2 heterocycles. The van der Waals surface area contributed by atoms with Gasteiger partial charge in [-0.2, -0.15) is 10.2 Å². The average Bonchev–Trinajstić information content (AvgIpc) is 3.04. The van der Waals surface area contributed by atoms with E-state index >= 15 is 0 Å². The summed E-state index contributed by atoms with van der Waals surface area (Å²) in [4.78, 5) is 12.8. The minimum atomic E-state index is -0.692. The van der Waals surface area contributed by atoms with Crippen LogP contribution in [0.25, 0.3) is 5.69 Å². The lowest BCUT2D eigenvalue weighted by molar-refractivity contribution is 0.0932. The third-order valence-corrected chi connectivity index (χ3v) is 5.45. The summed E-state index contributed by atoms with van der Waals surface area (Å²) in [6.45, 7) is 1.85. The van der Waals surface area contributed by atoms with Crippen LogP contribution in [0.1, 0.15) is 52.7 Å². The van der Waals surface area contributed by atoms with E-state index < -0.39 is 11.6 Å². The minimum Gasteiger partial charge on any atom is -0.343 e. The van der Waals surface area contributed by atoms with Gasteiger partial charge in [0.1, 0.15) is 11.5 Å². The van der Waals surface area contributed by atoms with Gasteiger partial charge in [0.25, 0.3) is 5.91 Å². The quantitative estimate of drug-likeness (QED) is 0.742. The Bertz CT molecular complexity index is 1040. The van der Waals surface area contributed by atoms with Gasteiger partial charge < -0.3 is 5.32 Å². The van der Waals surface area contributed by atoms with Crippen LogP contribution in [0, 0.1) is 17.6 Å². The van der Waals surface area contributed by atoms with Crippen LogP contribution in [0.2, 0.25) is 0 Å². The van der Waals surface area contributed by atoms with Crippen molar-refractivity contribution < 1.29 is 13.6 Å². The molecule has 0 bridgehead atoms. The predicted molar refractivity (Wildman–Crippen MR) is 92.5 cm³/mol. The summed E-state index contributed by atoms with van der Waals surface area (Å²) in [6, 6.07) is 4.92. The van der Waals surface area contributed by atoms with Crippen LogP contribution in [0.15, 0.2) is 30.5 Å². The molecule has 2 N–H and O–H groups in total. The number of halogens is 2. The summed E-state index contributed by atoms with van der Waals surface area (Å²) in [5.41, 5.74) is 3.01. The monoisotopic (exact) mass is 369 g/mol. The number of rotatable bonds is 4. The highest BCUT2D eigenvalue weighted by molar-refractivity contribution is 5.94. The molecule has 3 aromatic rings. The molecule has 0 saturated heterocycles. The van der Waals surface area contributed by atoms with E-state index in [2.05, 4.69) is 20.6 Å². The van der Waals surface area contributed by atoms with Crippen molar-refractivity contribution in [3.63, 3.8) is 0 Å². The van der Waals surface area contributed by atoms with Crippen molar-refractivity contribution in [3.8, 4) is 5.69 Å². The van der Waals surface area contributed by atoms with E-state index in [9.17, 15) is 13.6 Å². The lowest BCUT2D eigenvalue weighted by Gasteiger charge is -2.11. The summed E-state index contributed by atoms with van der Waals surface area (Å²) < 4.78 is 29.1. The SMILES string of the molecule is CC(NC(=O)c1nn(-c2ccc(F)cc2F)c2c1C[C@H]1C[C@@H]21)c1ccn[nH]1. The van der Waals surface area contributed by atoms with Gasteiger partial charge in [-0.25, -0.2) is 13.5 Å². The Balaban J connectivity index is 1.53. The van der Waals surface area contributed by atoms with Gasteiger partial charge in [0.15, 0.2) is 11.5 Å². The number of aromatic nitrogens is 4. The zero-order valence-corrected chi connectivity index (χ0v) is 14.5. The highest BCUT2D eigenvalue weighted by atomic mass is 19.1. The van der Waals surface area contributed by atoms with E-state index in [1.165, 1.54) is 16.8 Å². The second kappa shape index (κ2) is 5.73. The van der Waals surface area contributed by atoms with Gasteiger partial charge in [-0.05, 0) is 43.9 Å². The van der Waals surface area contributed by atoms with E-state index in [0.717, 1.165) is 35.9 Å². The first-order valence-electron chi connectivity index (χ1n) is 8.90. The third kappa shape index (κ3) is 2.55. The molecule has 1 aromatic carbocycles. The van der Waals surface area contributed by atoms with Crippen LogP contribution >= 0.6 is 0 Å². The number of H-pyrrole nitrogens is 1. The van der Waals surface area contributed by atoms with Crippen LogP contribution in [-0.4, -0.2) is 25.9 Å². The van der Waals surface area contributed by atoms with Crippen LogP contribution in [0.3, 0.4) is 0 Å². The summed E-state index contributed by atoms with van der Waals surface area (Å²) in [5, 5.41) is 14.0. The molecule has 0 aliphatic heterocycles. The van der Waals surface area contributed by atoms with Gasteiger partial charge in [0.05, 0.1) is 17.4 Å². The fourth-order valence-electron chi connectivity index (χ4n) is 3.99. The number of benzene rings is 1. The Labute approximate surface area is 153 Å². The first-order valence-corrected chi connectivity index (χ1v) is 8.90. The van der Waals surface area contributed by atoms with Crippen molar-refractivity contribution in [2.24, 2.45) is 5.92 Å². The molecular weight excluding hydrogens is 352 g/mol. The molecule has 1 unspecified atom stereocenters. The normalized spacial score (nSPS) is 20.9. The van der Waals surface area contributed by atoms with E-state index in [1.54, 1.807) is 12.3 Å². The van der Waals surface area contributed by atoms with Crippen molar-refractivity contribution in [1.29, 1.82) is 0 Å². The van der Waals surface area contributed by atoms with Crippen molar-refractivity contribution in [2.45, 2.75) is 31.7 Å². The van der Waals surface area contributed by atoms with Crippen molar-refractivity contribution >= 4 is 5.91 Å². The molecule has 8 heteroatoms. The standard InChI is InChI=1S/C19H17F2N5O/c1-9(15-4-5-22-24-15)23-19(27)17-13-7-10-6-12(10)18(13)26(25-17)16-3-2-11(20)8-14(16)21/h2-5,8-10,12H,6-7H2,1H3,(H,22,24)(H,23,27)/t9?,10-,12-/m1/s1. The lowest BCUT2D eigenvalue weighted by atomic mass is 10.1. The zero-order valence-electron chi connectivity index (χ0n) is 14.5. The number of carbonyl (C=O) groups is 1. The molecule has 27 heavy (non-hydrogen) atoms. The smallest absolute Gasteiger partial charge is 0.272 e. The van der Waals surface area contributed by atoms with Crippen molar-refractivity contribution in [2.75, 3.05) is 0 Å². The number of hydrogen-bond donors (Lipinski definition) is 2. The van der Waals surface area contributed by atoms with Gasteiger partial charge in [-0.15, -0.1) is 0 Å². The summed E-state index contributed by atoms with van der Waals surface area (Å²) in [5.74, 6) is -0.860. The maximum atomic E-state index is 14.3. The van der Waals surface area contributed by atoms with E-state index in [1.807, 2.05) is 6.92 Å². The summed E-state index contributed by atoms with van der Waals surface area (Å²) >= 11 is 0. The molecule has 1 fully saturated rings. The average molecular weight is 369 g/mol. The van der Waals surface area contributed by atoms with Crippen LogP contribution in [0.4, 0.5) is 8.78 Å². The van der Waals surface area contributed by atoms with Gasteiger partial charge in [0, 0.05) is 23.7 Å². The first-order chi connectivity index (χ1) is 13.0. The second-order valence-corrected chi connectivity index (χ2v) is 7.23. The Morgan fingerprint density at radius 2 is 2.22 bits per heavy atom. The number of hydrogen-bond acceptors (Lipinski definition) is 3. The van der Waals surface area contributed by atoms with Gasteiger partial charge in [0.2, 0.25) is 0 Å². The predicted octanol–water partition coefficient (Wildman–Crippen LogP) is 3.02. The number of nitrogens with zero attached hydrogens (tertiary/aromatic N) is 3. The molecule has 0 spiro atoms. The molecule has 1 amide bonds. The van der Waals surface area contributed by atoms with Crippen molar-refractivity contribution in [1.82, 2.24) is 25.3 Å². The first kappa shape index (κ1) is 16.2. The van der Waals surface area contributed by atoms with E-state index in [4.69, 9.17) is 0 Å². The molecule has 2 aliphatic carbocycles. The molecule has 0 radical (unpaired) electrons. The molecule has 138 valence electrons. The Hall–Kier alpha value is -3.03. The highest BCUT2D eigenvalue weighted by Gasteiger charge is 2.50. The maximum Gasteiger partial charge on any atom is 0.272 e. The molecular formula is C19H17F2N5O. The number of nitrogens with one attached hydrogen (secondary N) is 2. The fraction of sp³-hybridized carbons (Fsp3) is 0.316. The third-order valence-electron chi connectivity index (χ3n) is 5.45. The van der Waals surface area contributed by atoms with Crippen LogP contribution in [-0.2, 0) is 6.42 Å². The van der Waals surface area contributed by atoms with Crippen LogP contribution in [0.5, 0.6) is 0 Å². The number of carbonyl (C=O) groups excluding carboxylic acids is 1. The molecule has 2 aromatic heterocycles. The molecule has 1 saturated carbocycles. The van der Waals surface area contributed by atoms with Gasteiger partial charge in [-0.3, -0.25) is 9.89 Å². The number of amides is 1. The zero-order chi connectivity index (χ0) is 18.7. The number of aromatic amines is 1. The fourth-order valence-corrected chi connectivity index (χ4v) is 3.99. The van der Waals surface area contributed by atoms with Crippen LogP contribution < -0.4 is 5.32 Å². The summed E-state index contributed by atoms with van der Waals surface area (Å²) in [7, 11) is 0. The molecule has 2 aliphatic rings. The van der Waals surface area contributed by atoms with Crippen molar-refractivity contribution in [3.05, 3.63) is 64.7 Å². The summed E-state index contributed by atoms with van der Waals surface area (Å²) in [6.07, 6.45) is 3.41. The Morgan fingerprint density at radius 3 is 2.96 bits per heavy atom. The van der Waals surface area contributed by atoms with E-state index in [-0.39, 0.29) is 17.6 Å².